The minimum Gasteiger partial charge on any atom is -0.460 e. The van der Waals surface area contributed by atoms with Gasteiger partial charge in [0.25, 0.3) is 0 Å². The van der Waals surface area contributed by atoms with Crippen LogP contribution in [0.3, 0.4) is 0 Å². The van der Waals surface area contributed by atoms with Gasteiger partial charge in [-0.3, -0.25) is 4.98 Å². The summed E-state index contributed by atoms with van der Waals surface area (Å²) in [5.74, 6) is 0. The molecule has 0 aromatic carbocycles. The van der Waals surface area contributed by atoms with Crippen molar-refractivity contribution in [2.24, 2.45) is 0 Å². The number of rotatable bonds is 0. The minimum atomic E-state index is -0.316. The Kier molecular flexibility index (Phi) is 1.19. The van der Waals surface area contributed by atoms with E-state index in [1.807, 2.05) is 0 Å². The summed E-state index contributed by atoms with van der Waals surface area (Å²) in [7, 11) is 0. The molecule has 0 radical (unpaired) electrons. The summed E-state index contributed by atoms with van der Waals surface area (Å²) in [6, 6.07) is 1.65. The molecule has 56 valence electrons. The molecule has 2 N–H and O–H groups in total. The Morgan fingerprint density at radius 1 is 1.45 bits per heavy atom. The number of furan rings is 1. The van der Waals surface area contributed by atoms with Crippen molar-refractivity contribution in [2.45, 2.75) is 0 Å². The Balaban J connectivity index is 3.15. The number of aromatic amines is 2. The summed E-state index contributed by atoms with van der Waals surface area (Å²) < 4.78 is 5.33. The van der Waals surface area contributed by atoms with E-state index >= 15 is 0 Å². The number of aromatic nitrogens is 2. The summed E-state index contributed by atoms with van der Waals surface area (Å²) in [6.45, 7) is 0. The fraction of sp³-hybridized carbons (Fsp3) is 0. The fourth-order valence-corrected chi connectivity index (χ4v) is 1.15. The zero-order valence-electron chi connectivity index (χ0n) is 5.38. The highest BCUT2D eigenvalue weighted by Gasteiger charge is 1.98. The van der Waals surface area contributed by atoms with Gasteiger partial charge in [-0.05, 0) is 0 Å². The molecule has 0 saturated heterocycles. The molecule has 0 unspecified atom stereocenters. The van der Waals surface area contributed by atoms with Gasteiger partial charge in [-0.15, -0.1) is 0 Å². The van der Waals surface area contributed by atoms with E-state index in [0.717, 1.165) is 0 Å². The summed E-state index contributed by atoms with van der Waals surface area (Å²) in [5, 5.41) is 0. The normalized spacial score (nSPS) is 10.5. The smallest absolute Gasteiger partial charge is 0.324 e. The van der Waals surface area contributed by atoms with E-state index < -0.39 is 0 Å². The van der Waals surface area contributed by atoms with E-state index in [4.69, 9.17) is 16.6 Å². The van der Waals surface area contributed by atoms with Crippen LogP contribution in [0.1, 0.15) is 0 Å². The average Bonchev–Trinajstić information content (AvgIpc) is 2.34. The zero-order chi connectivity index (χ0) is 7.84. The minimum absolute atomic E-state index is 0.316. The molecule has 0 aliphatic heterocycles. The molecule has 2 rings (SSSR count). The molecule has 0 amide bonds. The Hall–Kier alpha value is -1.36. The molecule has 0 saturated carbocycles. The van der Waals surface area contributed by atoms with Crippen LogP contribution in [0.15, 0.2) is 21.5 Å². The summed E-state index contributed by atoms with van der Waals surface area (Å²) in [4.78, 5) is 15.7. The Labute approximate surface area is 65.9 Å². The lowest BCUT2D eigenvalue weighted by Crippen LogP contribution is -2.08. The van der Waals surface area contributed by atoms with E-state index in [-0.39, 0.29) is 5.69 Å². The van der Waals surface area contributed by atoms with Gasteiger partial charge in [0.05, 0.1) is 11.8 Å². The molecule has 11 heavy (non-hydrogen) atoms. The highest BCUT2D eigenvalue weighted by atomic mass is 32.1. The third kappa shape index (κ3) is 0.894. The van der Waals surface area contributed by atoms with Crippen LogP contribution in [0.25, 0.3) is 11.1 Å². The molecule has 0 aliphatic rings. The first kappa shape index (κ1) is 6.36. The highest BCUT2D eigenvalue weighted by Crippen LogP contribution is 2.09. The molecular formula is C6H4N2O2S. The number of H-pyrrole nitrogens is 2. The topological polar surface area (TPSA) is 61.8 Å². The van der Waals surface area contributed by atoms with Crippen molar-refractivity contribution >= 4 is 23.3 Å². The first-order chi connectivity index (χ1) is 5.27. The van der Waals surface area contributed by atoms with E-state index in [9.17, 15) is 4.79 Å². The van der Waals surface area contributed by atoms with Gasteiger partial charge in [0.1, 0.15) is 0 Å². The van der Waals surface area contributed by atoms with Crippen LogP contribution in [0.4, 0.5) is 0 Å². The highest BCUT2D eigenvalue weighted by molar-refractivity contribution is 7.71. The van der Waals surface area contributed by atoms with Crippen molar-refractivity contribution < 1.29 is 4.42 Å². The number of hydrogen-bond acceptors (Lipinski definition) is 3. The maximum absolute atomic E-state index is 10.8. The third-order valence-corrected chi connectivity index (χ3v) is 1.63. The molecule has 0 spiro atoms. The molecule has 2 heterocycles. The van der Waals surface area contributed by atoms with Crippen molar-refractivity contribution in [2.75, 3.05) is 0 Å². The van der Waals surface area contributed by atoms with Crippen LogP contribution >= 0.6 is 12.2 Å². The van der Waals surface area contributed by atoms with Gasteiger partial charge in [0.15, 0.2) is 10.2 Å². The molecule has 0 bridgehead atoms. The van der Waals surface area contributed by atoms with Gasteiger partial charge in [-0.1, -0.05) is 12.2 Å². The van der Waals surface area contributed by atoms with Crippen LogP contribution in [-0.4, -0.2) is 9.97 Å². The number of fused-ring (bicyclic) bond motifs is 1. The lowest BCUT2D eigenvalue weighted by atomic mass is 10.5. The van der Waals surface area contributed by atoms with Crippen molar-refractivity contribution in [3.05, 3.63) is 27.5 Å². The van der Waals surface area contributed by atoms with Crippen LogP contribution in [0.5, 0.6) is 0 Å². The van der Waals surface area contributed by atoms with Crippen LogP contribution < -0.4 is 5.69 Å². The van der Waals surface area contributed by atoms with Crippen molar-refractivity contribution in [1.82, 2.24) is 9.97 Å². The Bertz CT molecular complexity index is 493. The van der Waals surface area contributed by atoms with Gasteiger partial charge in [0, 0.05) is 6.07 Å². The van der Waals surface area contributed by atoms with Gasteiger partial charge in [0.2, 0.25) is 0 Å². The first-order valence-electron chi connectivity index (χ1n) is 2.97. The molecule has 5 heteroatoms. The number of hydrogen-bond donors (Lipinski definition) is 2. The predicted molar refractivity (Wildman–Crippen MR) is 42.0 cm³/mol. The quantitative estimate of drug-likeness (QED) is 0.580. The Morgan fingerprint density at radius 3 is 3.09 bits per heavy atom. The van der Waals surface area contributed by atoms with Gasteiger partial charge < -0.3 is 9.40 Å². The summed E-state index contributed by atoms with van der Waals surface area (Å²) in [6.07, 6.45) is 1.48. The predicted octanol–water partition coefficient (Wildman–Crippen LogP) is 1.18. The Morgan fingerprint density at radius 2 is 2.27 bits per heavy atom. The maximum atomic E-state index is 10.8. The second kappa shape index (κ2) is 2.06. The summed E-state index contributed by atoms with van der Waals surface area (Å²) in [5.41, 5.74) is 0.822. The van der Waals surface area contributed by atoms with Gasteiger partial charge in [-0.25, -0.2) is 4.79 Å². The zero-order valence-corrected chi connectivity index (χ0v) is 6.20. The first-order valence-corrected chi connectivity index (χ1v) is 3.38. The molecule has 0 aliphatic carbocycles. The number of nitrogens with one attached hydrogen (secondary N) is 2. The lowest BCUT2D eigenvalue weighted by molar-refractivity contribution is 0.611. The van der Waals surface area contributed by atoms with Gasteiger partial charge >= 0.3 is 5.69 Å². The van der Waals surface area contributed by atoms with E-state index in [2.05, 4.69) is 9.97 Å². The van der Waals surface area contributed by atoms with Crippen LogP contribution in [-0.2, 0) is 0 Å². The second-order valence-corrected chi connectivity index (χ2v) is 2.48. The van der Waals surface area contributed by atoms with Crippen molar-refractivity contribution in [1.29, 1.82) is 0 Å². The standard InChI is InChI=1S/C6H4N2O2S/c9-6-7-3-1-2-10-4(3)5(11)8-6/h1-2H,(H2,7,8,9,11). The molecule has 0 atom stereocenters. The summed E-state index contributed by atoms with van der Waals surface area (Å²) >= 11 is 4.83. The van der Waals surface area contributed by atoms with Crippen molar-refractivity contribution in [3.63, 3.8) is 0 Å². The van der Waals surface area contributed by atoms with Gasteiger partial charge in [-0.2, -0.15) is 0 Å². The van der Waals surface area contributed by atoms with E-state index in [1.165, 1.54) is 6.26 Å². The van der Waals surface area contributed by atoms with E-state index in [0.29, 0.717) is 15.7 Å². The van der Waals surface area contributed by atoms with Crippen LogP contribution in [0.2, 0.25) is 0 Å². The monoisotopic (exact) mass is 168 g/mol. The SMILES string of the molecule is O=c1[nH]c(=S)c2occc2[nH]1. The third-order valence-electron chi connectivity index (χ3n) is 1.35. The molecule has 0 fully saturated rings. The average molecular weight is 168 g/mol. The molecular weight excluding hydrogens is 164 g/mol. The molecule has 2 aromatic heterocycles. The lowest BCUT2D eigenvalue weighted by Gasteiger charge is -1.85. The van der Waals surface area contributed by atoms with E-state index in [1.54, 1.807) is 6.07 Å². The van der Waals surface area contributed by atoms with Crippen LogP contribution in [0, 0.1) is 4.64 Å². The fourth-order valence-electron chi connectivity index (χ4n) is 0.897. The van der Waals surface area contributed by atoms with Crippen molar-refractivity contribution in [3.8, 4) is 0 Å². The largest absolute Gasteiger partial charge is 0.460 e. The second-order valence-electron chi connectivity index (χ2n) is 2.07. The molecule has 2 aromatic rings. The molecule has 4 nitrogen and oxygen atoms in total. The maximum Gasteiger partial charge on any atom is 0.324 e.